The average Bonchev–Trinajstić information content (AvgIpc) is 3.01. The van der Waals surface area contributed by atoms with Crippen molar-refractivity contribution in [2.24, 2.45) is 5.73 Å². The fourth-order valence-electron chi connectivity index (χ4n) is 5.45. The molecular formula is C36H48ClN3O5. The highest BCUT2D eigenvalue weighted by Crippen LogP contribution is 2.34. The number of amides is 2. The molecule has 0 fully saturated rings. The van der Waals surface area contributed by atoms with Crippen LogP contribution >= 0.6 is 11.6 Å². The zero-order chi connectivity index (χ0) is 32.2. The van der Waals surface area contributed by atoms with E-state index in [4.69, 9.17) is 31.5 Å². The van der Waals surface area contributed by atoms with Gasteiger partial charge in [0, 0.05) is 36.7 Å². The molecule has 5 N–H and O–H groups in total. The van der Waals surface area contributed by atoms with Gasteiger partial charge in [-0.3, -0.25) is 0 Å². The Hall–Kier alpha value is -3.14. The first-order chi connectivity index (χ1) is 21.6. The number of halogens is 1. The van der Waals surface area contributed by atoms with Gasteiger partial charge in [0.05, 0.1) is 18.8 Å². The van der Waals surface area contributed by atoms with Crippen LogP contribution in [0.25, 0.3) is 0 Å². The van der Waals surface area contributed by atoms with Gasteiger partial charge in [0.2, 0.25) is 5.79 Å². The summed E-state index contributed by atoms with van der Waals surface area (Å²) in [5, 5.41) is 17.0. The van der Waals surface area contributed by atoms with Crippen LogP contribution in [0.4, 0.5) is 10.5 Å². The van der Waals surface area contributed by atoms with Crippen molar-refractivity contribution < 1.29 is 24.1 Å². The van der Waals surface area contributed by atoms with Crippen LogP contribution in [0.3, 0.4) is 0 Å². The highest BCUT2D eigenvalue weighted by molar-refractivity contribution is 6.30. The second-order valence-electron chi connectivity index (χ2n) is 12.2. The first kappa shape index (κ1) is 34.7. The van der Waals surface area contributed by atoms with E-state index in [0.717, 1.165) is 72.9 Å². The number of rotatable bonds is 16. The molecule has 3 aromatic rings. The van der Waals surface area contributed by atoms with Crippen molar-refractivity contribution in [2.45, 2.75) is 110 Å². The molecule has 0 radical (unpaired) electrons. The van der Waals surface area contributed by atoms with Gasteiger partial charge in [-0.15, -0.1) is 0 Å². The number of urea groups is 1. The zero-order valence-electron chi connectivity index (χ0n) is 26.7. The molecule has 3 aromatic carbocycles. The molecule has 0 aromatic heterocycles. The first-order valence-corrected chi connectivity index (χ1v) is 16.4. The Balaban J connectivity index is 1.16. The molecule has 1 heterocycles. The van der Waals surface area contributed by atoms with Crippen molar-refractivity contribution in [3.8, 4) is 5.75 Å². The van der Waals surface area contributed by atoms with Gasteiger partial charge >= 0.3 is 6.03 Å². The quantitative estimate of drug-likeness (QED) is 0.0924. The molecule has 1 unspecified atom stereocenters. The third-order valence-electron chi connectivity index (χ3n) is 7.86. The largest absolute Gasteiger partial charge is 0.463 e. The van der Waals surface area contributed by atoms with Crippen LogP contribution in [0.15, 0.2) is 66.7 Å². The minimum atomic E-state index is -0.624. The van der Waals surface area contributed by atoms with Gasteiger partial charge < -0.3 is 35.7 Å². The maximum atomic E-state index is 12.4. The second-order valence-corrected chi connectivity index (χ2v) is 12.6. The monoisotopic (exact) mass is 637 g/mol. The summed E-state index contributed by atoms with van der Waals surface area (Å²) >= 11 is 6.00. The summed E-state index contributed by atoms with van der Waals surface area (Å²) in [6.45, 7) is 6.79. The summed E-state index contributed by atoms with van der Waals surface area (Å²) in [5.74, 6) is 0.196. The molecular weight excluding hydrogens is 590 g/mol. The van der Waals surface area contributed by atoms with Crippen molar-refractivity contribution in [2.75, 3.05) is 5.32 Å². The van der Waals surface area contributed by atoms with E-state index < -0.39 is 11.9 Å². The van der Waals surface area contributed by atoms with Crippen LogP contribution in [-0.2, 0) is 22.6 Å². The lowest BCUT2D eigenvalue weighted by Gasteiger charge is -2.33. The van der Waals surface area contributed by atoms with E-state index >= 15 is 0 Å². The van der Waals surface area contributed by atoms with E-state index in [1.54, 1.807) is 24.3 Å². The van der Waals surface area contributed by atoms with Gasteiger partial charge in [-0.2, -0.15) is 0 Å². The number of aliphatic hydroxyl groups is 1. The Morgan fingerprint density at radius 1 is 1.00 bits per heavy atom. The molecule has 0 saturated heterocycles. The normalized spacial score (nSPS) is 15.8. The number of carbonyl (C=O) groups excluding carboxylic acids is 1. The Morgan fingerprint density at radius 2 is 1.78 bits per heavy atom. The highest BCUT2D eigenvalue weighted by Gasteiger charge is 2.27. The van der Waals surface area contributed by atoms with Crippen molar-refractivity contribution in [1.29, 1.82) is 0 Å². The standard InChI is InChI=1S/C36H48ClN3O5/c1-4-11-32(27-13-9-12-25(20-27)23-39-35(42)40-30-15-10-14-29(37)22-30)44-34(38)17-8-6-5-7-16-31(41)26-18-19-33-28(21-26)24-43-36(2,3)45-33/h9-10,12-15,18-22,31-32,34,41H,4-8,11,16-17,23-24,38H2,1-3H3,(H2,39,40,42)/t31-,32?,34-/m1/s1. The van der Waals surface area contributed by atoms with Gasteiger partial charge in [0.15, 0.2) is 0 Å². The minimum absolute atomic E-state index is 0.112. The predicted octanol–water partition coefficient (Wildman–Crippen LogP) is 8.52. The molecule has 8 nitrogen and oxygen atoms in total. The van der Waals surface area contributed by atoms with Crippen molar-refractivity contribution in [3.63, 3.8) is 0 Å². The molecule has 1 aliphatic rings. The molecule has 45 heavy (non-hydrogen) atoms. The molecule has 0 saturated carbocycles. The number of benzene rings is 3. The molecule has 0 bridgehead atoms. The molecule has 4 rings (SSSR count). The lowest BCUT2D eigenvalue weighted by Crippen LogP contribution is -2.35. The maximum absolute atomic E-state index is 12.4. The smallest absolute Gasteiger partial charge is 0.319 e. The number of hydrogen-bond acceptors (Lipinski definition) is 6. The maximum Gasteiger partial charge on any atom is 0.319 e. The lowest BCUT2D eigenvalue weighted by atomic mass is 9.99. The van der Waals surface area contributed by atoms with Crippen molar-refractivity contribution >= 4 is 23.3 Å². The Morgan fingerprint density at radius 3 is 2.56 bits per heavy atom. The van der Waals surface area contributed by atoms with Gasteiger partial charge in [-0.1, -0.05) is 80.6 Å². The summed E-state index contributed by atoms with van der Waals surface area (Å²) in [4.78, 5) is 12.4. The number of fused-ring (bicyclic) bond motifs is 1. The Kier molecular flexibility index (Phi) is 13.1. The fourth-order valence-corrected chi connectivity index (χ4v) is 5.64. The Labute approximate surface area is 272 Å². The van der Waals surface area contributed by atoms with Crippen LogP contribution in [0, 0.1) is 0 Å². The SMILES string of the molecule is CCCC(O[C@@H](N)CCCCCC[C@@H](O)c1ccc2c(c1)COC(C)(C)O2)c1cccc(CNC(=O)Nc2cccc(Cl)c2)c1. The van der Waals surface area contributed by atoms with Crippen LogP contribution in [0.1, 0.15) is 107 Å². The molecule has 3 atom stereocenters. The topological polar surface area (TPSA) is 115 Å². The molecule has 0 spiro atoms. The number of ether oxygens (including phenoxy) is 3. The highest BCUT2D eigenvalue weighted by atomic mass is 35.5. The summed E-state index contributed by atoms with van der Waals surface area (Å²) in [5.41, 5.74) is 11.0. The number of aliphatic hydroxyl groups excluding tert-OH is 1. The summed E-state index contributed by atoms with van der Waals surface area (Å²) in [6, 6.07) is 20.7. The van der Waals surface area contributed by atoms with Gasteiger partial charge in [0.25, 0.3) is 0 Å². The molecule has 2 amide bonds. The van der Waals surface area contributed by atoms with Crippen LogP contribution in [0.5, 0.6) is 5.75 Å². The molecule has 1 aliphatic heterocycles. The van der Waals surface area contributed by atoms with Crippen molar-refractivity contribution in [3.05, 3.63) is 94.0 Å². The second kappa shape index (κ2) is 17.0. The predicted molar refractivity (Wildman–Crippen MR) is 179 cm³/mol. The number of hydrogen-bond donors (Lipinski definition) is 4. The number of nitrogens with one attached hydrogen (secondary N) is 2. The van der Waals surface area contributed by atoms with Crippen molar-refractivity contribution in [1.82, 2.24) is 5.32 Å². The van der Waals surface area contributed by atoms with Gasteiger partial charge in [0.1, 0.15) is 12.0 Å². The van der Waals surface area contributed by atoms with E-state index in [1.807, 2.05) is 44.2 Å². The molecule has 9 heteroatoms. The van der Waals surface area contributed by atoms with E-state index in [1.165, 1.54) is 0 Å². The van der Waals surface area contributed by atoms with E-state index in [2.05, 4.69) is 29.7 Å². The van der Waals surface area contributed by atoms with Gasteiger partial charge in [-0.05, 0) is 72.7 Å². The van der Waals surface area contributed by atoms with E-state index in [9.17, 15) is 9.90 Å². The zero-order valence-corrected chi connectivity index (χ0v) is 27.4. The summed E-state index contributed by atoms with van der Waals surface area (Å²) in [6.07, 6.45) is 6.28. The van der Waals surface area contributed by atoms with Crippen LogP contribution < -0.4 is 21.1 Å². The summed E-state index contributed by atoms with van der Waals surface area (Å²) in [7, 11) is 0. The number of unbranched alkanes of at least 4 members (excludes halogenated alkanes) is 3. The van der Waals surface area contributed by atoms with E-state index in [0.29, 0.717) is 30.3 Å². The lowest BCUT2D eigenvalue weighted by molar-refractivity contribution is -0.180. The summed E-state index contributed by atoms with van der Waals surface area (Å²) < 4.78 is 17.9. The Bertz CT molecular complexity index is 1380. The first-order valence-electron chi connectivity index (χ1n) is 16.1. The molecule has 244 valence electrons. The minimum Gasteiger partial charge on any atom is -0.463 e. The number of anilines is 1. The van der Waals surface area contributed by atoms with Crippen LogP contribution in [0.2, 0.25) is 5.02 Å². The fraction of sp³-hybridized carbons (Fsp3) is 0.472. The van der Waals surface area contributed by atoms with Gasteiger partial charge in [-0.25, -0.2) is 4.79 Å². The third kappa shape index (κ3) is 11.3. The number of carbonyl (C=O) groups is 1. The molecule has 0 aliphatic carbocycles. The average molecular weight is 638 g/mol. The van der Waals surface area contributed by atoms with E-state index in [-0.39, 0.29) is 18.4 Å². The van der Waals surface area contributed by atoms with Crippen LogP contribution in [-0.4, -0.2) is 23.2 Å². The number of nitrogens with two attached hydrogens (primary N) is 1. The third-order valence-corrected chi connectivity index (χ3v) is 8.10.